The van der Waals surface area contributed by atoms with Crippen LogP contribution in [-0.4, -0.2) is 23.1 Å². The highest BCUT2D eigenvalue weighted by atomic mass is 35.5. The van der Waals surface area contributed by atoms with Crippen LogP contribution in [0.4, 0.5) is 11.4 Å². The molecule has 124 valence electrons. The van der Waals surface area contributed by atoms with E-state index in [4.69, 9.17) is 23.2 Å². The van der Waals surface area contributed by atoms with Gasteiger partial charge in [0, 0.05) is 5.69 Å². The van der Waals surface area contributed by atoms with Crippen molar-refractivity contribution in [1.82, 2.24) is 0 Å². The van der Waals surface area contributed by atoms with E-state index < -0.39 is 20.0 Å². The molecule has 0 aliphatic heterocycles. The van der Waals surface area contributed by atoms with Crippen molar-refractivity contribution in [2.24, 2.45) is 0 Å². The van der Waals surface area contributed by atoms with E-state index in [1.54, 1.807) is 6.07 Å². The molecule has 6 nitrogen and oxygen atoms in total. The Bertz CT molecular complexity index is 927. The standard InChI is InChI=1S/C13H12Cl2N2O4S2/c1-22(18,19)16-9-5-7-10(8-6-9)23(20,21)17-12-4-2-3-11(14)13(12)15/h2-8,16-17H,1H3. The molecule has 0 fully saturated rings. The van der Waals surface area contributed by atoms with Crippen LogP contribution in [0.2, 0.25) is 10.0 Å². The van der Waals surface area contributed by atoms with E-state index in [1.807, 2.05) is 0 Å². The van der Waals surface area contributed by atoms with Crippen LogP contribution in [0.15, 0.2) is 47.4 Å². The number of anilines is 2. The smallest absolute Gasteiger partial charge is 0.261 e. The summed E-state index contributed by atoms with van der Waals surface area (Å²) in [6.07, 6.45) is 1.00. The third-order valence-corrected chi connectivity index (χ3v) is 5.47. The highest BCUT2D eigenvalue weighted by Gasteiger charge is 2.17. The Morgan fingerprint density at radius 3 is 2.04 bits per heavy atom. The van der Waals surface area contributed by atoms with Crippen LogP contribution in [0.25, 0.3) is 0 Å². The summed E-state index contributed by atoms with van der Waals surface area (Å²) in [4.78, 5) is -0.0485. The normalized spacial score (nSPS) is 12.0. The first-order valence-electron chi connectivity index (χ1n) is 6.13. The molecule has 0 aromatic heterocycles. The first kappa shape index (κ1) is 17.9. The SMILES string of the molecule is CS(=O)(=O)Nc1ccc(S(=O)(=O)Nc2cccc(Cl)c2Cl)cc1. The fraction of sp³-hybridized carbons (Fsp3) is 0.0769. The molecule has 0 saturated carbocycles. The van der Waals surface area contributed by atoms with Crippen molar-refractivity contribution in [2.75, 3.05) is 15.7 Å². The highest BCUT2D eigenvalue weighted by molar-refractivity contribution is 7.92. The maximum absolute atomic E-state index is 12.3. The molecule has 2 aromatic carbocycles. The largest absolute Gasteiger partial charge is 0.284 e. The molecule has 0 atom stereocenters. The van der Waals surface area contributed by atoms with Crippen molar-refractivity contribution in [2.45, 2.75) is 4.90 Å². The fourth-order valence-electron chi connectivity index (χ4n) is 1.70. The minimum Gasteiger partial charge on any atom is -0.284 e. The van der Waals surface area contributed by atoms with Gasteiger partial charge in [-0.1, -0.05) is 29.3 Å². The van der Waals surface area contributed by atoms with Gasteiger partial charge in [0.1, 0.15) is 0 Å². The van der Waals surface area contributed by atoms with Gasteiger partial charge in [-0.2, -0.15) is 0 Å². The number of sulfonamides is 2. The summed E-state index contributed by atoms with van der Waals surface area (Å²) in [5.41, 5.74) is 0.407. The first-order chi connectivity index (χ1) is 10.6. The number of nitrogens with one attached hydrogen (secondary N) is 2. The van der Waals surface area contributed by atoms with Crippen molar-refractivity contribution in [3.63, 3.8) is 0 Å². The highest BCUT2D eigenvalue weighted by Crippen LogP contribution is 2.31. The van der Waals surface area contributed by atoms with Gasteiger partial charge in [-0.3, -0.25) is 9.44 Å². The minimum atomic E-state index is -3.88. The zero-order valence-corrected chi connectivity index (χ0v) is 14.9. The van der Waals surface area contributed by atoms with Crippen molar-refractivity contribution in [3.05, 3.63) is 52.5 Å². The van der Waals surface area contributed by atoms with E-state index >= 15 is 0 Å². The van der Waals surface area contributed by atoms with Crippen molar-refractivity contribution in [1.29, 1.82) is 0 Å². The molecule has 0 heterocycles. The van der Waals surface area contributed by atoms with Crippen molar-refractivity contribution < 1.29 is 16.8 Å². The molecule has 10 heteroatoms. The first-order valence-corrected chi connectivity index (χ1v) is 10.3. The molecule has 2 aromatic rings. The summed E-state index contributed by atoms with van der Waals surface area (Å²) in [7, 11) is -7.31. The molecule has 23 heavy (non-hydrogen) atoms. The molecule has 2 N–H and O–H groups in total. The zero-order chi connectivity index (χ0) is 17.3. The Labute approximate surface area is 144 Å². The number of halogens is 2. The Hall–Kier alpha value is -1.48. The lowest BCUT2D eigenvalue weighted by Crippen LogP contribution is -2.14. The van der Waals surface area contributed by atoms with Crippen LogP contribution in [-0.2, 0) is 20.0 Å². The van der Waals surface area contributed by atoms with Gasteiger partial charge in [0.15, 0.2) is 0 Å². The van der Waals surface area contributed by atoms with Gasteiger partial charge in [0.25, 0.3) is 10.0 Å². The average Bonchev–Trinajstić information content (AvgIpc) is 2.42. The summed E-state index contributed by atoms with van der Waals surface area (Å²) in [6.45, 7) is 0. The molecule has 0 bridgehead atoms. The number of hydrogen-bond donors (Lipinski definition) is 2. The molecule has 2 rings (SSSR count). The molecule has 0 aliphatic carbocycles. The summed E-state index contributed by atoms with van der Waals surface area (Å²) in [5.74, 6) is 0. The summed E-state index contributed by atoms with van der Waals surface area (Å²) in [6, 6.07) is 9.80. The second-order valence-corrected chi connectivity index (χ2v) is 8.82. The molecule has 0 spiro atoms. The predicted octanol–water partition coefficient (Wildman–Crippen LogP) is 3.17. The number of benzene rings is 2. The summed E-state index contributed by atoms with van der Waals surface area (Å²) >= 11 is 11.8. The number of hydrogen-bond acceptors (Lipinski definition) is 4. The van der Waals surface area contributed by atoms with E-state index in [1.165, 1.54) is 36.4 Å². The molecule has 0 amide bonds. The van der Waals surface area contributed by atoms with Crippen LogP contribution in [0.1, 0.15) is 0 Å². The maximum atomic E-state index is 12.3. The Balaban J connectivity index is 2.28. The van der Waals surface area contributed by atoms with Crippen molar-refractivity contribution in [3.8, 4) is 0 Å². The lowest BCUT2D eigenvalue weighted by molar-refractivity contribution is 0.601. The molecular weight excluding hydrogens is 383 g/mol. The molecular formula is C13H12Cl2N2O4S2. The van der Waals surface area contributed by atoms with Gasteiger partial charge in [-0.25, -0.2) is 16.8 Å². The molecule has 0 aliphatic rings. The average molecular weight is 395 g/mol. The maximum Gasteiger partial charge on any atom is 0.261 e. The van der Waals surface area contributed by atoms with Crippen LogP contribution < -0.4 is 9.44 Å². The van der Waals surface area contributed by atoms with Crippen LogP contribution in [0, 0.1) is 0 Å². The fourth-order valence-corrected chi connectivity index (χ4v) is 3.74. The van der Waals surface area contributed by atoms with E-state index in [2.05, 4.69) is 9.44 Å². The van der Waals surface area contributed by atoms with Crippen molar-refractivity contribution >= 4 is 54.6 Å². The van der Waals surface area contributed by atoms with Gasteiger partial charge in [0.05, 0.1) is 26.9 Å². The zero-order valence-electron chi connectivity index (χ0n) is 11.7. The van der Waals surface area contributed by atoms with E-state index in [0.29, 0.717) is 0 Å². The van der Waals surface area contributed by atoms with Crippen LogP contribution >= 0.6 is 23.2 Å². The summed E-state index contributed by atoms with van der Waals surface area (Å²) in [5, 5.41) is 0.313. The minimum absolute atomic E-state index is 0.0485. The van der Waals surface area contributed by atoms with Crippen LogP contribution in [0.5, 0.6) is 0 Å². The quantitative estimate of drug-likeness (QED) is 0.814. The Morgan fingerprint density at radius 1 is 0.870 bits per heavy atom. The van der Waals surface area contributed by atoms with Gasteiger partial charge >= 0.3 is 0 Å². The van der Waals surface area contributed by atoms with Gasteiger partial charge in [0.2, 0.25) is 10.0 Å². The van der Waals surface area contributed by atoms with Crippen LogP contribution in [0.3, 0.4) is 0 Å². The predicted molar refractivity (Wildman–Crippen MR) is 92.2 cm³/mol. The number of rotatable bonds is 5. The second kappa shape index (κ2) is 6.56. The molecule has 0 saturated heterocycles. The third kappa shape index (κ3) is 4.74. The van der Waals surface area contributed by atoms with Gasteiger partial charge < -0.3 is 0 Å². The lowest BCUT2D eigenvalue weighted by atomic mass is 10.3. The molecule has 0 radical (unpaired) electrons. The Morgan fingerprint density at radius 2 is 1.48 bits per heavy atom. The third-order valence-electron chi connectivity index (χ3n) is 2.66. The Kier molecular flexibility index (Phi) is 5.10. The monoisotopic (exact) mass is 394 g/mol. The van der Waals surface area contributed by atoms with E-state index in [0.717, 1.165) is 6.26 Å². The summed E-state index contributed by atoms with van der Waals surface area (Å²) < 4.78 is 51.4. The molecule has 0 unspecified atom stereocenters. The lowest BCUT2D eigenvalue weighted by Gasteiger charge is -2.11. The van der Waals surface area contributed by atoms with Gasteiger partial charge in [-0.15, -0.1) is 0 Å². The van der Waals surface area contributed by atoms with Gasteiger partial charge in [-0.05, 0) is 36.4 Å². The second-order valence-electron chi connectivity index (χ2n) is 4.61. The van der Waals surface area contributed by atoms with E-state index in [-0.39, 0.29) is 26.3 Å². The topological polar surface area (TPSA) is 92.3 Å². The van der Waals surface area contributed by atoms with E-state index in [9.17, 15) is 16.8 Å².